The smallest absolute Gasteiger partial charge is 0.375 e. The number of hydrogen-bond donors (Lipinski definition) is 1. The van der Waals surface area contributed by atoms with Gasteiger partial charge in [-0.2, -0.15) is 13.2 Å². The number of alkyl halides is 3. The van der Waals surface area contributed by atoms with Crippen LogP contribution < -0.4 is 10.6 Å². The third-order valence-corrected chi connectivity index (χ3v) is 5.09. The Morgan fingerprint density at radius 3 is 2.41 bits per heavy atom. The van der Waals surface area contributed by atoms with E-state index in [1.165, 1.54) is 11.3 Å². The highest BCUT2D eigenvalue weighted by Crippen LogP contribution is 2.34. The molecule has 2 N–H and O–H groups in total. The average Bonchev–Trinajstić information content (AvgIpc) is 3.08. The molecule has 3 heterocycles. The van der Waals surface area contributed by atoms with E-state index in [0.29, 0.717) is 34.7 Å². The Labute approximate surface area is 132 Å². The van der Waals surface area contributed by atoms with Crippen molar-refractivity contribution >= 4 is 32.9 Å². The van der Waals surface area contributed by atoms with Crippen LogP contribution in [0.5, 0.6) is 0 Å². The van der Waals surface area contributed by atoms with Gasteiger partial charge in [0.25, 0.3) is 0 Å². The SMILES string of the molecule is Nc1ncc(CN2CCN(c3nnc(C(F)(F)F)s3)CC2)s1. The molecule has 2 aromatic rings. The number of nitrogens with zero attached hydrogens (tertiary/aromatic N) is 5. The van der Waals surface area contributed by atoms with Crippen LogP contribution in [0.1, 0.15) is 9.88 Å². The number of anilines is 2. The van der Waals surface area contributed by atoms with Crippen molar-refractivity contribution in [2.75, 3.05) is 36.8 Å². The molecule has 0 unspecified atom stereocenters. The van der Waals surface area contributed by atoms with Gasteiger partial charge in [-0.3, -0.25) is 4.90 Å². The Hall–Kier alpha value is -1.46. The minimum absolute atomic E-state index is 0.328. The Morgan fingerprint density at radius 2 is 1.86 bits per heavy atom. The number of hydrogen-bond acceptors (Lipinski definition) is 8. The first-order valence-electron chi connectivity index (χ1n) is 6.50. The fraction of sp³-hybridized carbons (Fsp3) is 0.545. The van der Waals surface area contributed by atoms with Gasteiger partial charge in [-0.25, -0.2) is 4.98 Å². The Kier molecular flexibility index (Phi) is 4.19. The van der Waals surface area contributed by atoms with Gasteiger partial charge in [-0.1, -0.05) is 11.3 Å². The number of nitrogens with two attached hydrogens (primary N) is 1. The summed E-state index contributed by atoms with van der Waals surface area (Å²) in [7, 11) is 0. The Balaban J connectivity index is 1.56. The highest BCUT2D eigenvalue weighted by atomic mass is 32.1. The van der Waals surface area contributed by atoms with E-state index in [4.69, 9.17) is 5.73 Å². The zero-order valence-corrected chi connectivity index (χ0v) is 13.0. The predicted molar refractivity (Wildman–Crippen MR) is 78.9 cm³/mol. The molecular weight excluding hydrogens is 337 g/mol. The monoisotopic (exact) mass is 350 g/mol. The molecule has 0 aromatic carbocycles. The van der Waals surface area contributed by atoms with Crippen LogP contribution in [0.2, 0.25) is 0 Å². The van der Waals surface area contributed by atoms with Crippen molar-refractivity contribution in [1.29, 1.82) is 0 Å². The molecule has 0 radical (unpaired) electrons. The molecule has 11 heteroatoms. The van der Waals surface area contributed by atoms with Crippen LogP contribution >= 0.6 is 22.7 Å². The van der Waals surface area contributed by atoms with E-state index in [9.17, 15) is 13.2 Å². The van der Waals surface area contributed by atoms with E-state index in [-0.39, 0.29) is 0 Å². The highest BCUT2D eigenvalue weighted by Gasteiger charge is 2.36. The van der Waals surface area contributed by atoms with E-state index in [2.05, 4.69) is 20.1 Å². The summed E-state index contributed by atoms with van der Waals surface area (Å²) in [4.78, 5) is 9.15. The third-order valence-electron chi connectivity index (χ3n) is 3.25. The number of aromatic nitrogens is 3. The second-order valence-corrected chi connectivity index (χ2v) is 6.92. The molecule has 0 spiro atoms. The van der Waals surface area contributed by atoms with Crippen LogP contribution in [-0.4, -0.2) is 46.3 Å². The standard InChI is InChI=1S/C11H13F3N6S2/c12-11(13,14)8-17-18-10(22-8)20-3-1-19(2-4-20)6-7-5-16-9(15)21-7/h5H,1-4,6H2,(H2,15,16). The normalized spacial score (nSPS) is 17.1. The molecular formula is C11H13F3N6S2. The maximum Gasteiger partial charge on any atom is 0.445 e. The van der Waals surface area contributed by atoms with Crippen LogP contribution in [0.4, 0.5) is 23.4 Å². The Morgan fingerprint density at radius 1 is 1.14 bits per heavy atom. The summed E-state index contributed by atoms with van der Waals surface area (Å²) in [5.41, 5.74) is 5.59. The predicted octanol–water partition coefficient (Wildman–Crippen LogP) is 1.92. The number of rotatable bonds is 3. The summed E-state index contributed by atoms with van der Waals surface area (Å²) in [5.74, 6) is 0. The van der Waals surface area contributed by atoms with Crippen molar-refractivity contribution in [2.45, 2.75) is 12.7 Å². The van der Waals surface area contributed by atoms with Gasteiger partial charge in [0, 0.05) is 43.8 Å². The minimum atomic E-state index is -4.43. The minimum Gasteiger partial charge on any atom is -0.375 e. The molecule has 1 aliphatic heterocycles. The van der Waals surface area contributed by atoms with Crippen molar-refractivity contribution in [1.82, 2.24) is 20.1 Å². The summed E-state index contributed by atoms with van der Waals surface area (Å²) in [6.45, 7) is 3.51. The van der Waals surface area contributed by atoms with Crippen LogP contribution in [0.15, 0.2) is 6.20 Å². The van der Waals surface area contributed by atoms with Crippen molar-refractivity contribution in [2.24, 2.45) is 0 Å². The summed E-state index contributed by atoms with van der Waals surface area (Å²) in [6, 6.07) is 0. The lowest BCUT2D eigenvalue weighted by molar-refractivity contribution is -0.138. The molecule has 22 heavy (non-hydrogen) atoms. The van der Waals surface area contributed by atoms with Crippen LogP contribution in [-0.2, 0) is 12.7 Å². The first-order valence-corrected chi connectivity index (χ1v) is 8.13. The molecule has 0 amide bonds. The fourth-order valence-corrected chi connectivity index (χ4v) is 3.66. The lowest BCUT2D eigenvalue weighted by Gasteiger charge is -2.33. The molecule has 0 atom stereocenters. The van der Waals surface area contributed by atoms with Crippen LogP contribution in [0.3, 0.4) is 0 Å². The van der Waals surface area contributed by atoms with Gasteiger partial charge in [-0.05, 0) is 0 Å². The number of halogens is 3. The molecule has 120 valence electrons. The molecule has 1 fully saturated rings. The van der Waals surface area contributed by atoms with Crippen molar-refractivity contribution < 1.29 is 13.2 Å². The number of piperazine rings is 1. The lowest BCUT2D eigenvalue weighted by Crippen LogP contribution is -2.45. The van der Waals surface area contributed by atoms with Crippen molar-refractivity contribution in [3.8, 4) is 0 Å². The lowest BCUT2D eigenvalue weighted by atomic mass is 10.3. The van der Waals surface area contributed by atoms with Gasteiger partial charge in [0.2, 0.25) is 10.1 Å². The second-order valence-electron chi connectivity index (χ2n) is 4.82. The molecule has 0 saturated carbocycles. The van der Waals surface area contributed by atoms with E-state index >= 15 is 0 Å². The molecule has 3 rings (SSSR count). The molecule has 6 nitrogen and oxygen atoms in total. The summed E-state index contributed by atoms with van der Waals surface area (Å²) in [6.07, 6.45) is -2.67. The molecule has 0 bridgehead atoms. The van der Waals surface area contributed by atoms with Gasteiger partial charge >= 0.3 is 6.18 Å². The van der Waals surface area contributed by atoms with Gasteiger partial charge in [0.1, 0.15) is 0 Å². The summed E-state index contributed by atoms with van der Waals surface area (Å²) < 4.78 is 37.6. The maximum absolute atomic E-state index is 12.5. The molecule has 1 saturated heterocycles. The van der Waals surface area contributed by atoms with Gasteiger partial charge in [-0.15, -0.1) is 21.5 Å². The van der Waals surface area contributed by atoms with Crippen molar-refractivity contribution in [3.63, 3.8) is 0 Å². The molecule has 0 aliphatic carbocycles. The first kappa shape index (κ1) is 15.4. The Bertz CT molecular complexity index is 632. The van der Waals surface area contributed by atoms with Crippen LogP contribution in [0, 0.1) is 0 Å². The first-order chi connectivity index (χ1) is 10.4. The molecule has 1 aliphatic rings. The number of nitrogen functional groups attached to an aromatic ring is 1. The number of thiazole rings is 1. The quantitative estimate of drug-likeness (QED) is 0.912. The van der Waals surface area contributed by atoms with Gasteiger partial charge in [0.05, 0.1) is 0 Å². The zero-order chi connectivity index (χ0) is 15.7. The maximum atomic E-state index is 12.5. The summed E-state index contributed by atoms with van der Waals surface area (Å²) >= 11 is 2.04. The van der Waals surface area contributed by atoms with E-state index < -0.39 is 11.2 Å². The van der Waals surface area contributed by atoms with Gasteiger partial charge < -0.3 is 10.6 Å². The zero-order valence-electron chi connectivity index (χ0n) is 11.4. The highest BCUT2D eigenvalue weighted by molar-refractivity contribution is 7.15. The van der Waals surface area contributed by atoms with E-state index in [1.807, 2.05) is 4.90 Å². The summed E-state index contributed by atoms with van der Waals surface area (Å²) in [5, 5.41) is 6.84. The third kappa shape index (κ3) is 3.47. The molecule has 2 aromatic heterocycles. The van der Waals surface area contributed by atoms with Gasteiger partial charge in [0.15, 0.2) is 5.13 Å². The second kappa shape index (κ2) is 5.97. The van der Waals surface area contributed by atoms with Crippen LogP contribution in [0.25, 0.3) is 0 Å². The van der Waals surface area contributed by atoms with E-state index in [0.717, 1.165) is 24.5 Å². The van der Waals surface area contributed by atoms with Crippen molar-refractivity contribution in [3.05, 3.63) is 16.1 Å². The van der Waals surface area contributed by atoms with E-state index in [1.54, 1.807) is 6.20 Å². The fourth-order valence-electron chi connectivity index (χ4n) is 2.17. The topological polar surface area (TPSA) is 71.2 Å². The largest absolute Gasteiger partial charge is 0.445 e. The average molecular weight is 350 g/mol.